The topological polar surface area (TPSA) is 413 Å². The summed E-state index contributed by atoms with van der Waals surface area (Å²) >= 11 is 0. The molecule has 0 amide bonds. The number of ether oxygens (including phenoxy) is 17. The zero-order chi connectivity index (χ0) is 102. The summed E-state index contributed by atoms with van der Waals surface area (Å²) in [6.45, 7) is 54.4. The van der Waals surface area contributed by atoms with Crippen LogP contribution in [0, 0.1) is 0 Å². The van der Waals surface area contributed by atoms with Gasteiger partial charge < -0.3 is 80.5 Å². The summed E-state index contributed by atoms with van der Waals surface area (Å²) in [5, 5.41) is 0. The molecule has 0 bridgehead atoms. The van der Waals surface area contributed by atoms with E-state index in [1.807, 2.05) is 91.0 Å². The molecule has 7 aromatic rings. The zero-order valence-corrected chi connectivity index (χ0v) is 75.5. The van der Waals surface area contributed by atoms with Crippen LogP contribution >= 0.6 is 0 Å². The lowest BCUT2D eigenvalue weighted by Gasteiger charge is -2.16. The first-order chi connectivity index (χ1) is 65.9. The lowest BCUT2D eigenvalue weighted by Crippen LogP contribution is -2.18. The first-order valence-electron chi connectivity index (χ1n) is 40.3. The maximum absolute atomic E-state index is 11.2. The largest absolute Gasteiger partial charge is 0.490 e. The van der Waals surface area contributed by atoms with Crippen LogP contribution in [0.15, 0.2) is 384 Å². The Hall–Kier alpha value is -18.0. The maximum atomic E-state index is 11.2. The third-order valence-corrected chi connectivity index (χ3v) is 15.4. The third-order valence-electron chi connectivity index (χ3n) is 15.4. The Kier molecular flexibility index (Phi) is 65.9. The molecule has 0 aliphatic rings. The lowest BCUT2D eigenvalue weighted by molar-refractivity contribution is -0.148. The number of hydrogen-bond acceptors (Lipinski definition) is 32. The lowest BCUT2D eigenvalue weighted by atomic mass is 10.0. The van der Waals surface area contributed by atoms with Crippen molar-refractivity contribution in [1.82, 2.24) is 0 Å². The maximum Gasteiger partial charge on any atom is 0.337 e. The van der Waals surface area contributed by atoms with Crippen LogP contribution in [0.2, 0.25) is 0 Å². The van der Waals surface area contributed by atoms with Crippen molar-refractivity contribution in [1.29, 1.82) is 0 Å². The smallest absolute Gasteiger partial charge is 0.337 e. The molecule has 0 aliphatic carbocycles. The van der Waals surface area contributed by atoms with Crippen molar-refractivity contribution in [3.05, 3.63) is 440 Å². The van der Waals surface area contributed by atoms with Crippen LogP contribution in [0.3, 0.4) is 0 Å². The molecule has 0 spiro atoms. The second-order valence-electron chi connectivity index (χ2n) is 25.3. The molecule has 0 saturated heterocycles. The molecule has 0 heterocycles. The SMILES string of the molecule is C=CC(=O)OC(=C)OC(=O)C=C.C=CC(=O)OCC(COC(=O)C=C)c1ccccc1.C=CC(=O)OCCOc1cccc(OCCOC(=O)C=C)c1.C=CC(=O)OCc1cc(COC(=O)C=C)cc(COC(=O)C=C)c1.C=CC(=O)OCc1ccc(COC(=O)C=C)cc1.C=CC(=O)OCc1cccc(COC(=O)C=C)c1.C=CC(=O)OCc1ccccc1COC(=O)C=C.c1ccccc1. The minimum atomic E-state index is -0.739. The summed E-state index contributed by atoms with van der Waals surface area (Å²) in [5.41, 5.74) is 7.79. The van der Waals surface area contributed by atoms with E-state index in [0.717, 1.165) is 130 Å². The van der Waals surface area contributed by atoms with Gasteiger partial charge in [0.05, 0.1) is 5.92 Å². The van der Waals surface area contributed by atoms with Crippen LogP contribution < -0.4 is 9.47 Å². The van der Waals surface area contributed by atoms with Gasteiger partial charge in [-0.05, 0) is 98.6 Å². The fraction of sp³-hybridized carbons (Fsp3) is 0.152. The van der Waals surface area contributed by atoms with Gasteiger partial charge in [0, 0.05) is 97.2 Å². The second-order valence-corrected chi connectivity index (χ2v) is 25.3. The van der Waals surface area contributed by atoms with E-state index < -0.39 is 95.5 Å². The van der Waals surface area contributed by atoms with E-state index in [9.17, 15) is 71.9 Å². The van der Waals surface area contributed by atoms with Gasteiger partial charge in [0.2, 0.25) is 0 Å². The molecule has 32 heteroatoms. The minimum Gasteiger partial charge on any atom is -0.490 e. The Morgan fingerprint density at radius 2 is 0.438 bits per heavy atom. The quantitative estimate of drug-likeness (QED) is 0.0112. The Balaban J connectivity index is 0.00000157. The van der Waals surface area contributed by atoms with Gasteiger partial charge in [-0.25, -0.2) is 71.9 Å². The number of esters is 15. The summed E-state index contributed by atoms with van der Waals surface area (Å²) in [6, 6.07) is 55.1. The monoisotopic (exact) mass is 1880 g/mol. The summed E-state index contributed by atoms with van der Waals surface area (Å²) < 4.78 is 83.4. The van der Waals surface area contributed by atoms with Gasteiger partial charge in [-0.1, -0.05) is 238 Å². The van der Waals surface area contributed by atoms with Crippen LogP contribution in [-0.4, -0.2) is 129 Å². The van der Waals surface area contributed by atoms with E-state index in [4.69, 9.17) is 71.1 Å². The molecule has 7 rings (SSSR count). The average molecular weight is 1880 g/mol. The zero-order valence-electron chi connectivity index (χ0n) is 75.5. The number of hydrogen-bond donors (Lipinski definition) is 0. The Morgan fingerprint density at radius 1 is 0.212 bits per heavy atom. The standard InChI is InChI=1S/C18H18O6.C16H18O6.C15H16O4.3C14H14O4.C8H8O4.C6H6/c1-4-16(19)22-10-13-7-14(11-23-17(20)5-2)9-15(8-13)12-24-18(21)6-3;1-3-15(17)21-10-8-19-13-6-5-7-14(12-13)20-9-11-22-16(18)4-2;1-3-14(16)18-10-13(11-19-15(17)4-2)12-8-6-5-7-9-12;1-3-13(15)17-9-11-5-7-12(8-6-11)10-18-14(16)4-2;1-3-13(15)17-9-11-6-5-7-12(8-11)10-18-14(16)4-2;1-3-13(15)17-9-11-7-5-6-8-12(11)10-18-14(16)4-2;1-4-7(9)11-6(3)12-8(10)5-2;1-2-4-6-5-3-1/h4-9H,1-3,10-12H2;3-7,12H,1-2,8-11H2;3-9,13H,1-2,10-11H2;3*3-8H,1-2,9-10H2;4-5H,1-3H2;1-6H. The van der Waals surface area contributed by atoms with Gasteiger partial charge in [0.25, 0.3) is 5.95 Å². The Labute approximate surface area is 794 Å². The van der Waals surface area contributed by atoms with Gasteiger partial charge in [-0.3, -0.25) is 0 Å². The van der Waals surface area contributed by atoms with E-state index in [0.29, 0.717) is 28.2 Å². The van der Waals surface area contributed by atoms with Crippen molar-refractivity contribution >= 4 is 89.5 Å². The molecule has 0 aliphatic heterocycles. The molecular formula is C105H108O32. The van der Waals surface area contributed by atoms with Crippen LogP contribution in [0.4, 0.5) is 0 Å². The van der Waals surface area contributed by atoms with E-state index in [1.165, 1.54) is 0 Å². The van der Waals surface area contributed by atoms with Gasteiger partial charge in [0.1, 0.15) is 111 Å². The molecule has 0 atom stereocenters. The molecule has 0 saturated carbocycles. The predicted octanol–water partition coefficient (Wildman–Crippen LogP) is 15.5. The number of rotatable bonds is 48. The molecule has 0 radical (unpaired) electrons. The third kappa shape index (κ3) is 62.0. The Morgan fingerprint density at radius 3 is 0.723 bits per heavy atom. The molecule has 0 N–H and O–H groups in total. The highest BCUT2D eigenvalue weighted by atomic mass is 16.7. The van der Waals surface area contributed by atoms with Crippen LogP contribution in [0.5, 0.6) is 11.5 Å². The molecule has 0 fully saturated rings. The van der Waals surface area contributed by atoms with Gasteiger partial charge in [-0.2, -0.15) is 0 Å². The summed E-state index contributed by atoms with van der Waals surface area (Å²) in [7, 11) is 0. The average Bonchev–Trinajstić information content (AvgIpc) is 0.850. The highest BCUT2D eigenvalue weighted by molar-refractivity contribution is 5.87. The van der Waals surface area contributed by atoms with E-state index >= 15 is 0 Å². The van der Waals surface area contributed by atoms with E-state index in [2.05, 4.69) is 115 Å². The van der Waals surface area contributed by atoms with Gasteiger partial charge >= 0.3 is 89.5 Å². The Bertz CT molecular complexity index is 4880. The fourth-order valence-corrected chi connectivity index (χ4v) is 8.92. The fourth-order valence-electron chi connectivity index (χ4n) is 8.92. The summed E-state index contributed by atoms with van der Waals surface area (Å²) in [6.07, 6.45) is 16.0. The molecule has 0 unspecified atom stereocenters. The molecule has 720 valence electrons. The second kappa shape index (κ2) is 75.8. The van der Waals surface area contributed by atoms with Crippen molar-refractivity contribution in [2.45, 2.75) is 65.4 Å². The normalized spacial score (nSPS) is 9.26. The van der Waals surface area contributed by atoms with Gasteiger partial charge in [0.15, 0.2) is 0 Å². The van der Waals surface area contributed by atoms with Crippen molar-refractivity contribution in [2.24, 2.45) is 0 Å². The first-order valence-corrected chi connectivity index (χ1v) is 40.3. The van der Waals surface area contributed by atoms with E-state index in [-0.39, 0.29) is 105 Å². The van der Waals surface area contributed by atoms with Crippen molar-refractivity contribution < 1.29 is 152 Å². The van der Waals surface area contributed by atoms with E-state index in [1.54, 1.807) is 91.0 Å². The van der Waals surface area contributed by atoms with Gasteiger partial charge in [-0.15, -0.1) is 0 Å². The number of carbonyl (C=O) groups is 15. The first kappa shape index (κ1) is 119. The number of carbonyl (C=O) groups excluding carboxylic acids is 15. The van der Waals surface area contributed by atoms with Crippen molar-refractivity contribution in [3.63, 3.8) is 0 Å². The predicted molar refractivity (Wildman–Crippen MR) is 505 cm³/mol. The number of benzene rings is 7. The molecule has 0 aromatic heterocycles. The molecule has 137 heavy (non-hydrogen) atoms. The highest BCUT2D eigenvalue weighted by Gasteiger charge is 2.17. The molecular weight excluding hydrogens is 1770 g/mol. The van der Waals surface area contributed by atoms with Crippen LogP contribution in [0.1, 0.15) is 61.6 Å². The highest BCUT2D eigenvalue weighted by Crippen LogP contribution is 2.22. The minimum absolute atomic E-state index is 0.0104. The van der Waals surface area contributed by atoms with Crippen LogP contribution in [0.25, 0.3) is 0 Å². The van der Waals surface area contributed by atoms with Crippen molar-refractivity contribution in [3.8, 4) is 11.5 Å². The van der Waals surface area contributed by atoms with Crippen LogP contribution in [-0.2, 0) is 202 Å². The van der Waals surface area contributed by atoms with Crippen molar-refractivity contribution in [2.75, 3.05) is 39.6 Å². The summed E-state index contributed by atoms with van der Waals surface area (Å²) in [5.74, 6) is -7.44. The summed E-state index contributed by atoms with van der Waals surface area (Å²) in [4.78, 5) is 164. The molecule has 7 aromatic carbocycles. The molecule has 32 nitrogen and oxygen atoms in total.